The Balaban J connectivity index is 2.37. The van der Waals surface area contributed by atoms with Crippen molar-refractivity contribution in [2.45, 2.75) is 6.42 Å². The van der Waals surface area contributed by atoms with Gasteiger partial charge in [-0.05, 0) is 24.6 Å². The maximum absolute atomic E-state index is 13.7. The Morgan fingerprint density at radius 1 is 1.41 bits per heavy atom. The number of anilines is 1. The van der Waals surface area contributed by atoms with Gasteiger partial charge >= 0.3 is 5.97 Å². The van der Waals surface area contributed by atoms with Gasteiger partial charge in [0.2, 0.25) is 0 Å². The Kier molecular flexibility index (Phi) is 2.98. The molecule has 1 aromatic carbocycles. The maximum atomic E-state index is 13.7. The molecular formula is C10H12FNO4S. The fraction of sp³-hybridized carbons (Fsp3) is 0.300. The highest BCUT2D eigenvalue weighted by atomic mass is 32.3. The lowest BCUT2D eigenvalue weighted by Gasteiger charge is -2.38. The number of carboxylic acid groups (broad SMARTS) is 1. The average Bonchev–Trinajstić information content (AvgIpc) is 2.58. The van der Waals surface area contributed by atoms with E-state index in [1.54, 1.807) is 0 Å². The molecule has 0 unspecified atom stereocenters. The number of nitrogens with zero attached hydrogens (tertiary/aromatic N) is 1. The van der Waals surface area contributed by atoms with Crippen molar-refractivity contribution in [1.29, 1.82) is 0 Å². The van der Waals surface area contributed by atoms with Gasteiger partial charge in [0.25, 0.3) is 0 Å². The van der Waals surface area contributed by atoms with Crippen molar-refractivity contribution in [3.63, 3.8) is 0 Å². The van der Waals surface area contributed by atoms with E-state index in [1.807, 2.05) is 0 Å². The lowest BCUT2D eigenvalue weighted by atomic mass is 10.2. The monoisotopic (exact) mass is 261 g/mol. The number of aromatic carboxylic acids is 1. The van der Waals surface area contributed by atoms with Crippen molar-refractivity contribution in [2.24, 2.45) is 0 Å². The largest absolute Gasteiger partial charge is 0.478 e. The van der Waals surface area contributed by atoms with Crippen LogP contribution in [0.1, 0.15) is 16.8 Å². The van der Waals surface area contributed by atoms with Crippen LogP contribution in [-0.2, 0) is 0 Å². The summed E-state index contributed by atoms with van der Waals surface area (Å²) in [6.45, 7) is 0.353. The third-order valence-corrected chi connectivity index (χ3v) is 4.52. The zero-order chi connectivity index (χ0) is 12.6. The van der Waals surface area contributed by atoms with Crippen molar-refractivity contribution in [3.8, 4) is 0 Å². The van der Waals surface area contributed by atoms with Crippen molar-refractivity contribution >= 4 is 22.4 Å². The summed E-state index contributed by atoms with van der Waals surface area (Å²) in [5.74, 6) is -1.76. The number of hydrogen-bond acceptors (Lipinski definition) is 4. The van der Waals surface area contributed by atoms with Gasteiger partial charge in [0.1, 0.15) is 5.82 Å². The van der Waals surface area contributed by atoms with Crippen molar-refractivity contribution in [2.75, 3.05) is 16.6 Å². The van der Waals surface area contributed by atoms with Gasteiger partial charge < -0.3 is 5.11 Å². The molecule has 0 aromatic heterocycles. The van der Waals surface area contributed by atoms with Gasteiger partial charge in [0.15, 0.2) is 0 Å². The quantitative estimate of drug-likeness (QED) is 0.761. The highest BCUT2D eigenvalue weighted by Gasteiger charge is 2.31. The highest BCUT2D eigenvalue weighted by Crippen LogP contribution is 2.51. The van der Waals surface area contributed by atoms with Gasteiger partial charge in [-0.25, -0.2) is 9.18 Å². The number of carboxylic acids is 1. The molecule has 3 N–H and O–H groups in total. The number of carbonyl (C=O) groups is 1. The minimum Gasteiger partial charge on any atom is -0.478 e. The normalized spacial score (nSPS) is 20.3. The van der Waals surface area contributed by atoms with E-state index in [4.69, 9.17) is 5.11 Å². The molecule has 0 aliphatic carbocycles. The number of halogens is 1. The van der Waals surface area contributed by atoms with Gasteiger partial charge in [0, 0.05) is 6.54 Å². The minimum absolute atomic E-state index is 0.0347. The van der Waals surface area contributed by atoms with Crippen LogP contribution >= 0.6 is 10.8 Å². The van der Waals surface area contributed by atoms with Crippen LogP contribution in [-0.4, -0.2) is 32.5 Å². The molecule has 0 radical (unpaired) electrons. The van der Waals surface area contributed by atoms with Crippen molar-refractivity contribution in [3.05, 3.63) is 29.6 Å². The molecule has 1 aliphatic heterocycles. The molecule has 0 amide bonds. The van der Waals surface area contributed by atoms with E-state index in [0.29, 0.717) is 13.0 Å². The summed E-state index contributed by atoms with van der Waals surface area (Å²) in [5.41, 5.74) is -0.130. The molecule has 0 spiro atoms. The van der Waals surface area contributed by atoms with E-state index < -0.39 is 22.6 Å². The van der Waals surface area contributed by atoms with Crippen LogP contribution in [0, 0.1) is 5.82 Å². The van der Waals surface area contributed by atoms with Gasteiger partial charge in [-0.15, -0.1) is 10.8 Å². The Bertz CT molecular complexity index is 466. The maximum Gasteiger partial charge on any atom is 0.335 e. The molecule has 17 heavy (non-hydrogen) atoms. The number of hydrogen-bond donors (Lipinski definition) is 3. The fourth-order valence-corrected chi connectivity index (χ4v) is 3.40. The van der Waals surface area contributed by atoms with E-state index in [2.05, 4.69) is 0 Å². The fourth-order valence-electron chi connectivity index (χ4n) is 1.78. The standard InChI is InChI=1S/C10H12FNO4S/c11-8-6-7(10(13)14)2-3-9(8)12-4-1-5-17(12,15)16/h2-3,6,15-16H,1,4-5H2,(H,13,14). The smallest absolute Gasteiger partial charge is 0.335 e. The Morgan fingerprint density at radius 2 is 2.12 bits per heavy atom. The van der Waals surface area contributed by atoms with E-state index in [1.165, 1.54) is 16.4 Å². The van der Waals surface area contributed by atoms with Gasteiger partial charge in [-0.1, -0.05) is 0 Å². The molecule has 0 bridgehead atoms. The highest BCUT2D eigenvalue weighted by molar-refractivity contribution is 8.25. The Morgan fingerprint density at radius 3 is 2.59 bits per heavy atom. The van der Waals surface area contributed by atoms with Crippen molar-refractivity contribution < 1.29 is 23.4 Å². The molecule has 1 saturated heterocycles. The van der Waals surface area contributed by atoms with Gasteiger partial charge in [-0.2, -0.15) is 0 Å². The first-order valence-corrected chi connectivity index (χ1v) is 6.65. The van der Waals surface area contributed by atoms with E-state index in [9.17, 15) is 18.3 Å². The topological polar surface area (TPSA) is 81.0 Å². The summed E-state index contributed by atoms with van der Waals surface area (Å²) in [6, 6.07) is 3.39. The summed E-state index contributed by atoms with van der Waals surface area (Å²) >= 11 is 0. The Labute approximate surface area is 99.0 Å². The van der Waals surface area contributed by atoms with Crippen LogP contribution in [0.15, 0.2) is 18.2 Å². The molecule has 7 heteroatoms. The summed E-state index contributed by atoms with van der Waals surface area (Å²) in [4.78, 5) is 10.6. The van der Waals surface area contributed by atoms with Crippen LogP contribution < -0.4 is 4.31 Å². The Hall–Kier alpha value is -1.31. The van der Waals surface area contributed by atoms with Gasteiger partial charge in [-0.3, -0.25) is 13.4 Å². The predicted molar refractivity (Wildman–Crippen MR) is 63.0 cm³/mol. The van der Waals surface area contributed by atoms with Crippen LogP contribution in [0.4, 0.5) is 10.1 Å². The lowest BCUT2D eigenvalue weighted by Crippen LogP contribution is -2.23. The first-order valence-electron chi connectivity index (χ1n) is 4.98. The third-order valence-electron chi connectivity index (χ3n) is 2.60. The molecule has 1 heterocycles. The zero-order valence-electron chi connectivity index (χ0n) is 8.84. The minimum atomic E-state index is -2.95. The average molecular weight is 261 g/mol. The van der Waals surface area contributed by atoms with E-state index >= 15 is 0 Å². The number of rotatable bonds is 2. The summed E-state index contributed by atoms with van der Waals surface area (Å²) in [7, 11) is -2.95. The van der Waals surface area contributed by atoms with Gasteiger partial charge in [0.05, 0.1) is 17.0 Å². The first kappa shape index (κ1) is 12.2. The molecule has 0 atom stereocenters. The first-order chi connectivity index (χ1) is 7.92. The molecule has 0 saturated carbocycles. The van der Waals surface area contributed by atoms with E-state index in [0.717, 1.165) is 6.07 Å². The molecule has 1 fully saturated rings. The van der Waals surface area contributed by atoms with Crippen molar-refractivity contribution in [1.82, 2.24) is 0 Å². The second kappa shape index (κ2) is 4.17. The third kappa shape index (κ3) is 2.21. The second-order valence-electron chi connectivity index (χ2n) is 3.76. The summed E-state index contributed by atoms with van der Waals surface area (Å²) < 4.78 is 34.3. The molecule has 1 aliphatic rings. The van der Waals surface area contributed by atoms with Crippen LogP contribution in [0.2, 0.25) is 0 Å². The second-order valence-corrected chi connectivity index (χ2v) is 5.88. The van der Waals surface area contributed by atoms with Crippen LogP contribution in [0.3, 0.4) is 0 Å². The van der Waals surface area contributed by atoms with Crippen LogP contribution in [0.25, 0.3) is 0 Å². The summed E-state index contributed by atoms with van der Waals surface area (Å²) in [5, 5.41) is 8.69. The van der Waals surface area contributed by atoms with E-state index in [-0.39, 0.29) is 17.0 Å². The SMILES string of the molecule is O=C(O)c1ccc(N2CCCS2(O)O)c(F)c1. The molecule has 1 aromatic rings. The van der Waals surface area contributed by atoms with Crippen LogP contribution in [0.5, 0.6) is 0 Å². The zero-order valence-corrected chi connectivity index (χ0v) is 9.65. The predicted octanol–water partition coefficient (Wildman–Crippen LogP) is 2.40. The number of benzene rings is 1. The summed E-state index contributed by atoms with van der Waals surface area (Å²) in [6.07, 6.45) is 0.572. The molecule has 2 rings (SSSR count). The lowest BCUT2D eigenvalue weighted by molar-refractivity contribution is 0.0696. The molecular weight excluding hydrogens is 249 g/mol. The molecule has 5 nitrogen and oxygen atoms in total. The molecule has 94 valence electrons.